The molecule has 8 nitrogen and oxygen atoms in total. The highest BCUT2D eigenvalue weighted by Gasteiger charge is 2.33. The van der Waals surface area contributed by atoms with Crippen molar-refractivity contribution in [1.29, 1.82) is 0 Å². The first kappa shape index (κ1) is 18.7. The molecule has 1 N–H and O–H groups in total. The first-order valence-corrected chi connectivity index (χ1v) is 9.41. The Morgan fingerprint density at radius 2 is 1.79 bits per heavy atom. The summed E-state index contributed by atoms with van der Waals surface area (Å²) < 4.78 is 2.28. The number of anilines is 1. The van der Waals surface area contributed by atoms with E-state index in [-0.39, 0.29) is 19.0 Å². The summed E-state index contributed by atoms with van der Waals surface area (Å²) in [5.74, 6) is -0.00928. The van der Waals surface area contributed by atoms with Crippen LogP contribution in [-0.4, -0.2) is 32.8 Å². The highest BCUT2D eigenvalue weighted by atomic mass is 16.2. The van der Waals surface area contributed by atoms with Gasteiger partial charge in [0.05, 0.1) is 6.54 Å². The summed E-state index contributed by atoms with van der Waals surface area (Å²) in [6, 6.07) is 16.9. The van der Waals surface area contributed by atoms with E-state index in [1.807, 2.05) is 61.5 Å². The number of aromatic nitrogens is 3. The van der Waals surface area contributed by atoms with Gasteiger partial charge in [-0.25, -0.2) is 14.3 Å². The van der Waals surface area contributed by atoms with Gasteiger partial charge in [-0.15, -0.1) is 0 Å². The minimum Gasteiger partial charge on any atom is -0.354 e. The van der Waals surface area contributed by atoms with Crippen molar-refractivity contribution < 1.29 is 9.59 Å². The van der Waals surface area contributed by atoms with Gasteiger partial charge in [0.2, 0.25) is 5.91 Å². The molecule has 2 amide bonds. The molecule has 4 rings (SSSR count). The molecule has 8 heteroatoms. The van der Waals surface area contributed by atoms with E-state index in [0.717, 1.165) is 21.5 Å². The zero-order valence-corrected chi connectivity index (χ0v) is 16.0. The summed E-state index contributed by atoms with van der Waals surface area (Å²) in [5, 5.41) is 2.79. The van der Waals surface area contributed by atoms with Crippen molar-refractivity contribution in [2.45, 2.75) is 26.4 Å². The Hall–Kier alpha value is -3.68. The van der Waals surface area contributed by atoms with Gasteiger partial charge >= 0.3 is 11.7 Å². The molecule has 1 aliphatic rings. The zero-order chi connectivity index (χ0) is 20.4. The lowest BCUT2D eigenvalue weighted by Crippen LogP contribution is -2.38. The third-order valence-corrected chi connectivity index (χ3v) is 4.86. The van der Waals surface area contributed by atoms with E-state index in [1.165, 1.54) is 9.58 Å². The predicted octanol–water partition coefficient (Wildman–Crippen LogP) is 1.70. The van der Waals surface area contributed by atoms with Crippen LogP contribution in [-0.2, 0) is 24.3 Å². The Morgan fingerprint density at radius 1 is 1.07 bits per heavy atom. The standard InChI is InChI=1S/C21H21N5O3/c1-15-7-9-17(10-8-15)24-13-18-23-20(28)25(26(18)21(24)29)14-19(27)22-12-11-16-5-3-2-4-6-16/h2-10H,11-14H2,1H3,(H,22,27). The number of carbonyl (C=O) groups excluding carboxylic acids is 2. The van der Waals surface area contributed by atoms with Crippen molar-refractivity contribution in [2.75, 3.05) is 11.4 Å². The summed E-state index contributed by atoms with van der Waals surface area (Å²) in [7, 11) is 0. The molecular weight excluding hydrogens is 370 g/mol. The number of aryl methyl sites for hydroxylation is 1. The van der Waals surface area contributed by atoms with Crippen LogP contribution in [0.3, 0.4) is 0 Å². The number of nitrogens with one attached hydrogen (secondary N) is 1. The van der Waals surface area contributed by atoms with Gasteiger partial charge in [-0.05, 0) is 31.0 Å². The lowest BCUT2D eigenvalue weighted by Gasteiger charge is -2.16. The van der Waals surface area contributed by atoms with Crippen molar-refractivity contribution in [3.05, 3.63) is 82.0 Å². The molecule has 0 unspecified atom stereocenters. The second-order valence-corrected chi connectivity index (χ2v) is 6.97. The third-order valence-electron chi connectivity index (χ3n) is 4.86. The molecule has 0 bridgehead atoms. The van der Waals surface area contributed by atoms with E-state index >= 15 is 0 Å². The van der Waals surface area contributed by atoms with Crippen LogP contribution in [0.2, 0.25) is 0 Å². The van der Waals surface area contributed by atoms with Gasteiger partial charge < -0.3 is 5.32 Å². The number of fused-ring (bicyclic) bond motifs is 1. The summed E-state index contributed by atoms with van der Waals surface area (Å²) in [4.78, 5) is 42.8. The van der Waals surface area contributed by atoms with Crippen LogP contribution in [0.4, 0.5) is 10.5 Å². The number of rotatable bonds is 6. The number of nitrogens with zero attached hydrogens (tertiary/aromatic N) is 4. The molecule has 0 saturated carbocycles. The van der Waals surface area contributed by atoms with E-state index in [9.17, 15) is 14.4 Å². The SMILES string of the molecule is Cc1ccc(N2Cc3nc(=O)n(CC(=O)NCCc4ccccc4)n3C2=O)cc1. The lowest BCUT2D eigenvalue weighted by molar-refractivity contribution is -0.121. The molecule has 148 valence electrons. The molecule has 0 aliphatic carbocycles. The Balaban J connectivity index is 1.44. The van der Waals surface area contributed by atoms with E-state index in [4.69, 9.17) is 0 Å². The van der Waals surface area contributed by atoms with E-state index < -0.39 is 11.7 Å². The Morgan fingerprint density at radius 3 is 2.52 bits per heavy atom. The topological polar surface area (TPSA) is 89.2 Å². The number of hydrogen-bond acceptors (Lipinski definition) is 4. The molecule has 0 radical (unpaired) electrons. The van der Waals surface area contributed by atoms with E-state index in [2.05, 4.69) is 10.3 Å². The molecule has 3 aromatic rings. The van der Waals surface area contributed by atoms with Gasteiger partial charge in [0.15, 0.2) is 5.82 Å². The monoisotopic (exact) mass is 391 g/mol. The second kappa shape index (κ2) is 7.75. The fraction of sp³-hybridized carbons (Fsp3) is 0.238. The molecule has 29 heavy (non-hydrogen) atoms. The second-order valence-electron chi connectivity index (χ2n) is 6.97. The zero-order valence-electron chi connectivity index (χ0n) is 16.0. The normalized spacial score (nSPS) is 12.9. The smallest absolute Gasteiger partial charge is 0.354 e. The average molecular weight is 391 g/mol. The maximum Gasteiger partial charge on any atom is 0.365 e. The van der Waals surface area contributed by atoms with Crippen molar-refractivity contribution in [2.24, 2.45) is 0 Å². The van der Waals surface area contributed by atoms with Gasteiger partial charge in [0.1, 0.15) is 6.54 Å². The minimum absolute atomic E-state index is 0.194. The largest absolute Gasteiger partial charge is 0.365 e. The maximum atomic E-state index is 12.9. The van der Waals surface area contributed by atoms with Crippen LogP contribution in [0, 0.1) is 6.92 Å². The summed E-state index contributed by atoms with van der Waals surface area (Å²) in [6.45, 7) is 2.35. The lowest BCUT2D eigenvalue weighted by atomic mass is 10.1. The number of benzene rings is 2. The molecule has 0 saturated heterocycles. The van der Waals surface area contributed by atoms with Crippen LogP contribution in [0.1, 0.15) is 17.0 Å². The van der Waals surface area contributed by atoms with Gasteiger partial charge in [0, 0.05) is 12.2 Å². The van der Waals surface area contributed by atoms with Crippen molar-refractivity contribution in [1.82, 2.24) is 19.7 Å². The fourth-order valence-corrected chi connectivity index (χ4v) is 3.33. The molecular formula is C21H21N5O3. The molecule has 2 heterocycles. The van der Waals surface area contributed by atoms with Gasteiger partial charge in [0.25, 0.3) is 0 Å². The molecule has 0 fully saturated rings. The molecule has 2 aromatic carbocycles. The number of amides is 2. The van der Waals surface area contributed by atoms with Gasteiger partial charge in [-0.1, -0.05) is 48.0 Å². The van der Waals surface area contributed by atoms with Crippen LogP contribution in [0.25, 0.3) is 0 Å². The van der Waals surface area contributed by atoms with Crippen LogP contribution < -0.4 is 15.9 Å². The Bertz CT molecular complexity index is 1100. The average Bonchev–Trinajstić information content (AvgIpc) is 3.19. The minimum atomic E-state index is -0.602. The Labute approximate surface area is 167 Å². The highest BCUT2D eigenvalue weighted by Crippen LogP contribution is 2.23. The number of hydrogen-bond donors (Lipinski definition) is 1. The van der Waals surface area contributed by atoms with Crippen LogP contribution in [0.15, 0.2) is 59.4 Å². The first-order valence-electron chi connectivity index (χ1n) is 9.41. The molecule has 0 spiro atoms. The van der Waals surface area contributed by atoms with Gasteiger partial charge in [-0.3, -0.25) is 9.69 Å². The predicted molar refractivity (Wildman–Crippen MR) is 108 cm³/mol. The maximum absolute atomic E-state index is 12.9. The van der Waals surface area contributed by atoms with Crippen molar-refractivity contribution in [3.63, 3.8) is 0 Å². The summed E-state index contributed by atoms with van der Waals surface area (Å²) >= 11 is 0. The fourth-order valence-electron chi connectivity index (χ4n) is 3.33. The third kappa shape index (κ3) is 3.82. The van der Waals surface area contributed by atoms with E-state index in [1.54, 1.807) is 0 Å². The number of carbonyl (C=O) groups is 2. The Kier molecular flexibility index (Phi) is 4.99. The van der Waals surface area contributed by atoms with Crippen LogP contribution >= 0.6 is 0 Å². The quantitative estimate of drug-likeness (QED) is 0.693. The highest BCUT2D eigenvalue weighted by molar-refractivity contribution is 5.95. The molecule has 1 aliphatic heterocycles. The van der Waals surface area contributed by atoms with E-state index in [0.29, 0.717) is 18.8 Å². The van der Waals surface area contributed by atoms with Crippen molar-refractivity contribution >= 4 is 17.6 Å². The van der Waals surface area contributed by atoms with Crippen LogP contribution in [0.5, 0.6) is 0 Å². The summed E-state index contributed by atoms with van der Waals surface area (Å²) in [5.41, 5.74) is 2.31. The summed E-state index contributed by atoms with van der Waals surface area (Å²) in [6.07, 6.45) is 0.687. The first-order chi connectivity index (χ1) is 14.0. The van der Waals surface area contributed by atoms with Crippen molar-refractivity contribution in [3.8, 4) is 0 Å². The van der Waals surface area contributed by atoms with Gasteiger partial charge in [-0.2, -0.15) is 9.67 Å². The molecule has 1 aromatic heterocycles. The molecule has 0 atom stereocenters.